The van der Waals surface area contributed by atoms with Gasteiger partial charge >= 0.3 is 12.1 Å². The number of hydrogen-bond acceptors (Lipinski definition) is 4. The van der Waals surface area contributed by atoms with Gasteiger partial charge in [0.15, 0.2) is 0 Å². The summed E-state index contributed by atoms with van der Waals surface area (Å²) in [6.45, 7) is 9.15. The van der Waals surface area contributed by atoms with E-state index in [1.807, 2.05) is 20.8 Å². The number of rotatable bonds is 20. The quantitative estimate of drug-likeness (QED) is 0.165. The van der Waals surface area contributed by atoms with Gasteiger partial charge in [-0.15, -0.1) is 0 Å². The Kier molecular flexibility index (Phi) is 20.1. The molecule has 0 radical (unpaired) electrons. The topological polar surface area (TPSA) is 64.6 Å². The van der Waals surface area contributed by atoms with E-state index in [0.29, 0.717) is 19.6 Å². The van der Waals surface area contributed by atoms with Crippen LogP contribution >= 0.6 is 0 Å². The minimum absolute atomic E-state index is 0.283. The van der Waals surface area contributed by atoms with E-state index < -0.39 is 12.1 Å². The second-order valence-electron chi connectivity index (χ2n) is 8.87. The maximum absolute atomic E-state index is 12.4. The molecule has 0 aliphatic carbocycles. The SMILES string of the molecule is CCCCCCCCCCCCCCOC(=O)C(CC(C)C)NC(=O)OCCCC. The molecule has 0 saturated heterocycles. The number of nitrogens with one attached hydrogen (secondary N) is 1. The lowest BCUT2D eigenvalue weighted by Crippen LogP contribution is -2.43. The standard InChI is InChI=1S/C25H49NO4/c1-5-7-9-10-11-12-13-14-15-16-17-18-20-29-24(27)23(21-22(3)4)26-25(28)30-19-8-6-2/h22-23H,5-21H2,1-4H3,(H,26,28). The zero-order valence-electron chi connectivity index (χ0n) is 20.3. The molecule has 0 saturated carbocycles. The maximum atomic E-state index is 12.4. The third-order valence-corrected chi connectivity index (χ3v) is 5.26. The highest BCUT2D eigenvalue weighted by Crippen LogP contribution is 2.12. The first-order valence-electron chi connectivity index (χ1n) is 12.6. The van der Waals surface area contributed by atoms with Gasteiger partial charge in [0.2, 0.25) is 0 Å². The lowest BCUT2D eigenvalue weighted by Gasteiger charge is -2.19. The van der Waals surface area contributed by atoms with Gasteiger partial charge in [-0.1, -0.05) is 105 Å². The van der Waals surface area contributed by atoms with Crippen LogP contribution in [0.1, 0.15) is 124 Å². The van der Waals surface area contributed by atoms with Crippen LogP contribution in [0.15, 0.2) is 0 Å². The van der Waals surface area contributed by atoms with Gasteiger partial charge in [-0.25, -0.2) is 9.59 Å². The van der Waals surface area contributed by atoms with Crippen LogP contribution in [0.25, 0.3) is 0 Å². The lowest BCUT2D eigenvalue weighted by atomic mass is 10.0. The highest BCUT2D eigenvalue weighted by atomic mass is 16.6. The molecule has 178 valence electrons. The number of alkyl carbamates (subject to hydrolysis) is 1. The van der Waals surface area contributed by atoms with Crippen molar-refractivity contribution in [3.05, 3.63) is 0 Å². The summed E-state index contributed by atoms with van der Waals surface area (Å²) < 4.78 is 10.5. The Balaban J connectivity index is 3.79. The van der Waals surface area contributed by atoms with Gasteiger partial charge in [0.25, 0.3) is 0 Å². The maximum Gasteiger partial charge on any atom is 0.407 e. The van der Waals surface area contributed by atoms with E-state index >= 15 is 0 Å². The number of carbonyl (C=O) groups is 2. The molecule has 1 atom stereocenters. The van der Waals surface area contributed by atoms with E-state index in [9.17, 15) is 9.59 Å². The molecule has 5 nitrogen and oxygen atoms in total. The highest BCUT2D eigenvalue weighted by molar-refractivity contribution is 5.81. The lowest BCUT2D eigenvalue weighted by molar-refractivity contribution is -0.146. The van der Waals surface area contributed by atoms with Gasteiger partial charge in [-0.2, -0.15) is 0 Å². The molecule has 0 aromatic carbocycles. The molecule has 0 aliphatic rings. The Morgan fingerprint density at radius 1 is 0.667 bits per heavy atom. The number of ether oxygens (including phenoxy) is 2. The fourth-order valence-electron chi connectivity index (χ4n) is 3.40. The van der Waals surface area contributed by atoms with Crippen molar-refractivity contribution in [3.63, 3.8) is 0 Å². The van der Waals surface area contributed by atoms with Crippen molar-refractivity contribution in [1.82, 2.24) is 5.32 Å². The average molecular weight is 428 g/mol. The van der Waals surface area contributed by atoms with Crippen LogP contribution in [0.5, 0.6) is 0 Å². The van der Waals surface area contributed by atoms with Crippen molar-refractivity contribution < 1.29 is 19.1 Å². The third kappa shape index (κ3) is 18.7. The van der Waals surface area contributed by atoms with E-state index in [1.54, 1.807) is 0 Å². The van der Waals surface area contributed by atoms with E-state index in [2.05, 4.69) is 12.2 Å². The zero-order chi connectivity index (χ0) is 22.5. The Labute approximate surface area is 186 Å². The molecule has 0 rings (SSSR count). The van der Waals surface area contributed by atoms with Gasteiger partial charge < -0.3 is 14.8 Å². The average Bonchev–Trinajstić information content (AvgIpc) is 2.70. The summed E-state index contributed by atoms with van der Waals surface area (Å²) in [6.07, 6.45) is 17.1. The molecule has 0 fully saturated rings. The number of unbranched alkanes of at least 4 members (excludes halogenated alkanes) is 12. The van der Waals surface area contributed by atoms with Crippen molar-refractivity contribution in [3.8, 4) is 0 Å². The Hall–Kier alpha value is -1.26. The van der Waals surface area contributed by atoms with Crippen LogP contribution in [0, 0.1) is 5.92 Å². The minimum atomic E-state index is -0.628. The van der Waals surface area contributed by atoms with E-state index in [0.717, 1.165) is 25.7 Å². The van der Waals surface area contributed by atoms with E-state index in [-0.39, 0.29) is 11.9 Å². The second-order valence-corrected chi connectivity index (χ2v) is 8.87. The van der Waals surface area contributed by atoms with Crippen molar-refractivity contribution in [1.29, 1.82) is 0 Å². The normalized spacial score (nSPS) is 12.0. The molecule has 1 unspecified atom stereocenters. The molecule has 30 heavy (non-hydrogen) atoms. The number of carbonyl (C=O) groups excluding carboxylic acids is 2. The smallest absolute Gasteiger partial charge is 0.407 e. The molecular formula is C25H49NO4. The van der Waals surface area contributed by atoms with Crippen LogP contribution in [0.4, 0.5) is 4.79 Å². The van der Waals surface area contributed by atoms with Gasteiger partial charge in [-0.05, 0) is 25.2 Å². The fraction of sp³-hybridized carbons (Fsp3) is 0.920. The largest absolute Gasteiger partial charge is 0.464 e. The second kappa shape index (κ2) is 21.0. The third-order valence-electron chi connectivity index (χ3n) is 5.26. The summed E-state index contributed by atoms with van der Waals surface area (Å²) in [7, 11) is 0. The molecule has 0 aliphatic heterocycles. The van der Waals surface area contributed by atoms with Gasteiger partial charge in [0, 0.05) is 0 Å². The predicted molar refractivity (Wildman–Crippen MR) is 125 cm³/mol. The zero-order valence-corrected chi connectivity index (χ0v) is 20.3. The van der Waals surface area contributed by atoms with Crippen LogP contribution in [-0.4, -0.2) is 31.3 Å². The van der Waals surface area contributed by atoms with E-state index in [4.69, 9.17) is 9.47 Å². The number of esters is 1. The monoisotopic (exact) mass is 427 g/mol. The van der Waals surface area contributed by atoms with Gasteiger partial charge in [0.1, 0.15) is 6.04 Å². The van der Waals surface area contributed by atoms with E-state index in [1.165, 1.54) is 64.2 Å². The van der Waals surface area contributed by atoms with Crippen LogP contribution in [-0.2, 0) is 14.3 Å². The minimum Gasteiger partial charge on any atom is -0.464 e. The Morgan fingerprint density at radius 2 is 1.13 bits per heavy atom. The molecule has 0 aromatic rings. The van der Waals surface area contributed by atoms with Crippen LogP contribution in [0.2, 0.25) is 0 Å². The van der Waals surface area contributed by atoms with Crippen molar-refractivity contribution >= 4 is 12.1 Å². The summed E-state index contributed by atoms with van der Waals surface area (Å²) in [5.41, 5.74) is 0. The first-order chi connectivity index (χ1) is 14.5. The first kappa shape index (κ1) is 28.7. The van der Waals surface area contributed by atoms with Crippen LogP contribution < -0.4 is 5.32 Å². The molecular weight excluding hydrogens is 378 g/mol. The molecule has 5 heteroatoms. The summed E-state index contributed by atoms with van der Waals surface area (Å²) >= 11 is 0. The summed E-state index contributed by atoms with van der Waals surface area (Å²) in [5, 5.41) is 2.67. The van der Waals surface area contributed by atoms with Crippen molar-refractivity contribution in [2.45, 2.75) is 130 Å². The molecule has 1 amide bonds. The molecule has 0 bridgehead atoms. The molecule has 0 aromatic heterocycles. The number of hydrogen-bond donors (Lipinski definition) is 1. The predicted octanol–water partition coefficient (Wildman–Crippen LogP) is 7.17. The summed E-state index contributed by atoms with van der Waals surface area (Å²) in [4.78, 5) is 24.2. The number of amides is 1. The summed E-state index contributed by atoms with van der Waals surface area (Å²) in [5.74, 6) is -0.0654. The van der Waals surface area contributed by atoms with Crippen molar-refractivity contribution in [2.24, 2.45) is 5.92 Å². The Morgan fingerprint density at radius 3 is 1.63 bits per heavy atom. The van der Waals surface area contributed by atoms with Gasteiger partial charge in [0.05, 0.1) is 13.2 Å². The van der Waals surface area contributed by atoms with Crippen molar-refractivity contribution in [2.75, 3.05) is 13.2 Å². The molecule has 0 spiro atoms. The fourth-order valence-corrected chi connectivity index (χ4v) is 3.40. The molecule has 0 heterocycles. The Bertz CT molecular complexity index is 412. The molecule has 1 N–H and O–H groups in total. The van der Waals surface area contributed by atoms with Crippen LogP contribution in [0.3, 0.4) is 0 Å². The first-order valence-corrected chi connectivity index (χ1v) is 12.6. The highest BCUT2D eigenvalue weighted by Gasteiger charge is 2.23. The van der Waals surface area contributed by atoms with Gasteiger partial charge in [-0.3, -0.25) is 0 Å². The summed E-state index contributed by atoms with van der Waals surface area (Å²) in [6, 6.07) is -0.628.